The van der Waals surface area contributed by atoms with Crippen LogP contribution < -0.4 is 10.6 Å². The highest BCUT2D eigenvalue weighted by atomic mass is 127. The molecule has 0 fully saturated rings. The fourth-order valence-corrected chi connectivity index (χ4v) is 2.74. The van der Waals surface area contributed by atoms with Gasteiger partial charge in [0.2, 0.25) is 0 Å². The summed E-state index contributed by atoms with van der Waals surface area (Å²) in [5.74, 6) is 0.217. The van der Waals surface area contributed by atoms with Gasteiger partial charge in [-0.2, -0.15) is 5.10 Å². The number of benzene rings is 2. The predicted molar refractivity (Wildman–Crippen MR) is 122 cm³/mol. The van der Waals surface area contributed by atoms with Crippen molar-refractivity contribution in [3.63, 3.8) is 0 Å². The second kappa shape index (κ2) is 11.5. The number of hydrogen-bond acceptors (Lipinski definition) is 2. The maximum atomic E-state index is 13.0. The molecule has 0 amide bonds. The first-order chi connectivity index (χ1) is 13.6. The molecule has 1 aromatic heterocycles. The van der Waals surface area contributed by atoms with Crippen LogP contribution >= 0.6 is 24.0 Å². The van der Waals surface area contributed by atoms with E-state index in [1.165, 1.54) is 24.3 Å². The third-order valence-corrected chi connectivity index (χ3v) is 4.25. The van der Waals surface area contributed by atoms with Gasteiger partial charge in [0, 0.05) is 32.8 Å². The van der Waals surface area contributed by atoms with Crippen LogP contribution in [0.4, 0.5) is 8.78 Å². The van der Waals surface area contributed by atoms with Crippen LogP contribution in [0.2, 0.25) is 0 Å². The molecule has 0 unspecified atom stereocenters. The van der Waals surface area contributed by atoms with E-state index in [4.69, 9.17) is 0 Å². The van der Waals surface area contributed by atoms with Crippen LogP contribution in [-0.2, 0) is 12.8 Å². The number of halogens is 3. The van der Waals surface area contributed by atoms with Crippen LogP contribution in [0.25, 0.3) is 5.69 Å². The maximum absolute atomic E-state index is 13.0. The van der Waals surface area contributed by atoms with Gasteiger partial charge in [-0.1, -0.05) is 12.1 Å². The Labute approximate surface area is 186 Å². The Morgan fingerprint density at radius 1 is 0.897 bits per heavy atom. The molecule has 154 valence electrons. The standard InChI is InChI=1S/C21H23F2N5.HI/c1-24-21(25-13-10-16-2-4-17(22)5-3-16)26-14-11-19-12-15-28(27-19)20-8-6-18(23)7-9-20;/h2-9,12,15H,10-11,13-14H2,1H3,(H2,24,25,26);1H. The third-order valence-electron chi connectivity index (χ3n) is 4.25. The van der Waals surface area contributed by atoms with Crippen molar-refractivity contribution in [2.75, 3.05) is 20.1 Å². The monoisotopic (exact) mass is 511 g/mol. The van der Waals surface area contributed by atoms with Crippen molar-refractivity contribution in [1.82, 2.24) is 20.4 Å². The van der Waals surface area contributed by atoms with Crippen molar-refractivity contribution in [3.8, 4) is 5.69 Å². The van der Waals surface area contributed by atoms with E-state index in [9.17, 15) is 8.78 Å². The van der Waals surface area contributed by atoms with Gasteiger partial charge in [0.25, 0.3) is 0 Å². The second-order valence-corrected chi connectivity index (χ2v) is 6.28. The van der Waals surface area contributed by atoms with Crippen molar-refractivity contribution < 1.29 is 8.78 Å². The van der Waals surface area contributed by atoms with E-state index < -0.39 is 0 Å². The minimum Gasteiger partial charge on any atom is -0.356 e. The number of aromatic nitrogens is 2. The van der Waals surface area contributed by atoms with Crippen molar-refractivity contribution in [2.24, 2.45) is 4.99 Å². The van der Waals surface area contributed by atoms with E-state index in [-0.39, 0.29) is 35.6 Å². The van der Waals surface area contributed by atoms with Crippen molar-refractivity contribution >= 4 is 29.9 Å². The summed E-state index contributed by atoms with van der Waals surface area (Å²) in [5.41, 5.74) is 2.81. The Kier molecular flexibility index (Phi) is 9.04. The summed E-state index contributed by atoms with van der Waals surface area (Å²) < 4.78 is 27.7. The lowest BCUT2D eigenvalue weighted by atomic mass is 10.1. The fraction of sp³-hybridized carbons (Fsp3) is 0.238. The highest BCUT2D eigenvalue weighted by molar-refractivity contribution is 14.0. The predicted octanol–water partition coefficient (Wildman–Crippen LogP) is 3.72. The molecule has 0 saturated carbocycles. The van der Waals surface area contributed by atoms with Gasteiger partial charge in [0.1, 0.15) is 11.6 Å². The number of aliphatic imine (C=N–C) groups is 1. The van der Waals surface area contributed by atoms with Crippen LogP contribution in [0.1, 0.15) is 11.3 Å². The topological polar surface area (TPSA) is 54.2 Å². The Bertz CT molecular complexity index is 908. The highest BCUT2D eigenvalue weighted by Gasteiger charge is 2.03. The number of guanidine groups is 1. The van der Waals surface area contributed by atoms with Gasteiger partial charge < -0.3 is 10.6 Å². The lowest BCUT2D eigenvalue weighted by Gasteiger charge is -2.11. The fourth-order valence-electron chi connectivity index (χ4n) is 2.74. The van der Waals surface area contributed by atoms with E-state index in [2.05, 4.69) is 20.7 Å². The summed E-state index contributed by atoms with van der Waals surface area (Å²) in [6.45, 7) is 1.38. The molecule has 0 bridgehead atoms. The molecule has 0 atom stereocenters. The molecule has 0 aliphatic heterocycles. The normalized spacial score (nSPS) is 11.1. The SMILES string of the molecule is CN=C(NCCc1ccc(F)cc1)NCCc1ccn(-c2ccc(F)cc2)n1.I. The van der Waals surface area contributed by atoms with Gasteiger partial charge in [-0.15, -0.1) is 24.0 Å². The summed E-state index contributed by atoms with van der Waals surface area (Å²) in [5, 5.41) is 11.0. The number of nitrogens with one attached hydrogen (secondary N) is 2. The van der Waals surface area contributed by atoms with Crippen molar-refractivity contribution in [1.29, 1.82) is 0 Å². The molecule has 8 heteroatoms. The molecule has 0 saturated heterocycles. The van der Waals surface area contributed by atoms with Crippen LogP contribution in [-0.4, -0.2) is 35.9 Å². The summed E-state index contributed by atoms with van der Waals surface area (Å²) in [7, 11) is 1.72. The second-order valence-electron chi connectivity index (χ2n) is 6.28. The molecule has 3 rings (SSSR count). The van der Waals surface area contributed by atoms with Crippen LogP contribution in [0.5, 0.6) is 0 Å². The van der Waals surface area contributed by atoms with Crippen molar-refractivity contribution in [3.05, 3.63) is 83.7 Å². The van der Waals surface area contributed by atoms with E-state index in [1.54, 1.807) is 36.0 Å². The minimum absolute atomic E-state index is 0. The number of nitrogens with zero attached hydrogens (tertiary/aromatic N) is 3. The highest BCUT2D eigenvalue weighted by Crippen LogP contribution is 2.09. The third kappa shape index (κ3) is 7.12. The summed E-state index contributed by atoms with van der Waals surface area (Å²) in [4.78, 5) is 4.20. The van der Waals surface area contributed by atoms with E-state index in [0.717, 1.165) is 29.8 Å². The molecule has 5 nitrogen and oxygen atoms in total. The zero-order valence-electron chi connectivity index (χ0n) is 16.1. The first kappa shape index (κ1) is 22.8. The molecular formula is C21H24F2IN5. The van der Waals surface area contributed by atoms with E-state index in [0.29, 0.717) is 19.0 Å². The average Bonchev–Trinajstić information content (AvgIpc) is 3.17. The average molecular weight is 511 g/mol. The molecule has 2 aromatic carbocycles. The molecule has 0 aliphatic rings. The van der Waals surface area contributed by atoms with Crippen LogP contribution in [0.3, 0.4) is 0 Å². The Hall–Kier alpha value is -2.49. The van der Waals surface area contributed by atoms with Gasteiger partial charge in [-0.05, 0) is 54.4 Å². The Morgan fingerprint density at radius 3 is 2.10 bits per heavy atom. The number of hydrogen-bond donors (Lipinski definition) is 2. The Morgan fingerprint density at radius 2 is 1.48 bits per heavy atom. The molecule has 0 radical (unpaired) electrons. The zero-order chi connectivity index (χ0) is 19.8. The zero-order valence-corrected chi connectivity index (χ0v) is 18.4. The molecule has 29 heavy (non-hydrogen) atoms. The molecule has 3 aromatic rings. The molecule has 0 spiro atoms. The molecule has 0 aliphatic carbocycles. The summed E-state index contributed by atoms with van der Waals surface area (Å²) >= 11 is 0. The summed E-state index contributed by atoms with van der Waals surface area (Å²) in [6.07, 6.45) is 3.37. The quantitative estimate of drug-likeness (QED) is 0.289. The minimum atomic E-state index is -0.265. The van der Waals surface area contributed by atoms with E-state index >= 15 is 0 Å². The largest absolute Gasteiger partial charge is 0.356 e. The Balaban J connectivity index is 0.00000300. The lowest BCUT2D eigenvalue weighted by molar-refractivity contribution is 0.626. The molecule has 1 heterocycles. The first-order valence-electron chi connectivity index (χ1n) is 9.13. The molecular weight excluding hydrogens is 487 g/mol. The van der Waals surface area contributed by atoms with Crippen LogP contribution in [0.15, 0.2) is 65.8 Å². The summed E-state index contributed by atoms with van der Waals surface area (Å²) in [6, 6.07) is 14.7. The van der Waals surface area contributed by atoms with Crippen LogP contribution in [0, 0.1) is 11.6 Å². The van der Waals surface area contributed by atoms with Gasteiger partial charge in [0.15, 0.2) is 5.96 Å². The van der Waals surface area contributed by atoms with Gasteiger partial charge in [0.05, 0.1) is 11.4 Å². The van der Waals surface area contributed by atoms with Gasteiger partial charge >= 0.3 is 0 Å². The molecule has 2 N–H and O–H groups in total. The van der Waals surface area contributed by atoms with Crippen molar-refractivity contribution in [2.45, 2.75) is 12.8 Å². The van der Waals surface area contributed by atoms with Gasteiger partial charge in [-0.25, -0.2) is 13.5 Å². The van der Waals surface area contributed by atoms with E-state index in [1.807, 2.05) is 12.3 Å². The maximum Gasteiger partial charge on any atom is 0.190 e. The lowest BCUT2D eigenvalue weighted by Crippen LogP contribution is -2.39. The number of rotatable bonds is 7. The first-order valence-corrected chi connectivity index (χ1v) is 9.13. The van der Waals surface area contributed by atoms with Gasteiger partial charge in [-0.3, -0.25) is 4.99 Å². The smallest absolute Gasteiger partial charge is 0.190 e.